The predicted molar refractivity (Wildman–Crippen MR) is 316 cm³/mol. The molecule has 0 unspecified atom stereocenters. The molecule has 17 rings (SSSR count). The lowest BCUT2D eigenvalue weighted by molar-refractivity contribution is 0.436. The van der Waals surface area contributed by atoms with Crippen LogP contribution >= 0.6 is 0 Å². The molecule has 2 aliphatic heterocycles. The second-order valence-corrected chi connectivity index (χ2v) is 21.0. The minimum atomic E-state index is -0.627. The van der Waals surface area contributed by atoms with Crippen LogP contribution in [0.25, 0.3) is 60.9 Å². The largest absolute Gasteiger partial charge is 0.457 e. The van der Waals surface area contributed by atoms with Crippen LogP contribution in [0.3, 0.4) is 0 Å². The third-order valence-corrected chi connectivity index (χ3v) is 17.3. The van der Waals surface area contributed by atoms with Crippen LogP contribution in [0.1, 0.15) is 44.5 Å². The van der Waals surface area contributed by atoms with Crippen molar-refractivity contribution in [2.75, 3.05) is 4.90 Å². The Bertz CT molecular complexity index is 4550. The molecule has 0 bridgehead atoms. The highest BCUT2D eigenvalue weighted by molar-refractivity contribution is 6.10. The van der Waals surface area contributed by atoms with Gasteiger partial charge in [0.05, 0.1) is 21.9 Å². The Morgan fingerprint density at radius 1 is 0.269 bits per heavy atom. The number of aromatic nitrogens is 1. The van der Waals surface area contributed by atoms with Crippen LogP contribution in [0.15, 0.2) is 279 Å². The highest BCUT2D eigenvalue weighted by Crippen LogP contribution is 2.65. The Labute approximate surface area is 451 Å². The first-order valence-electron chi connectivity index (χ1n) is 26.9. The number of fused-ring (bicyclic) bond motifs is 21. The molecular formula is C74H46N2O2. The van der Waals surface area contributed by atoms with Crippen LogP contribution in [-0.4, -0.2) is 4.57 Å². The SMILES string of the molecule is c1ccc(-n2c3ccccc3c3cc(-c4ccc(N(c5ccc6c(c5)-c5ccccc5C65c6ccccc6Oc6ccccc65)c5ccc6c(c5)C5(c7ccccc7Oc7ccccc75)c5ccccc5-6)cc4)ccc32)cc1. The quantitative estimate of drug-likeness (QED) is 0.172. The Morgan fingerprint density at radius 3 is 1.33 bits per heavy atom. The molecule has 4 heteroatoms. The summed E-state index contributed by atoms with van der Waals surface area (Å²) in [6.07, 6.45) is 0. The summed E-state index contributed by atoms with van der Waals surface area (Å²) in [6.45, 7) is 0. The first kappa shape index (κ1) is 43.1. The maximum absolute atomic E-state index is 6.77. The van der Waals surface area contributed by atoms with Gasteiger partial charge in [-0.25, -0.2) is 0 Å². The molecule has 0 saturated heterocycles. The smallest absolute Gasteiger partial charge is 0.132 e. The molecular weight excluding hydrogens is 949 g/mol. The van der Waals surface area contributed by atoms with Gasteiger partial charge < -0.3 is 18.9 Å². The minimum Gasteiger partial charge on any atom is -0.457 e. The van der Waals surface area contributed by atoms with Gasteiger partial charge >= 0.3 is 0 Å². The molecule has 2 aliphatic carbocycles. The Morgan fingerprint density at radius 2 is 0.705 bits per heavy atom. The zero-order chi connectivity index (χ0) is 51.1. The van der Waals surface area contributed by atoms with Gasteiger partial charge in [-0.1, -0.05) is 188 Å². The van der Waals surface area contributed by atoms with Crippen molar-refractivity contribution in [1.29, 1.82) is 0 Å². The van der Waals surface area contributed by atoms with Gasteiger partial charge in [0, 0.05) is 55.8 Å². The van der Waals surface area contributed by atoms with Gasteiger partial charge in [-0.15, -0.1) is 0 Å². The number of hydrogen-bond donors (Lipinski definition) is 0. The maximum atomic E-state index is 6.77. The van der Waals surface area contributed by atoms with Gasteiger partial charge in [-0.3, -0.25) is 0 Å². The second kappa shape index (κ2) is 16.2. The molecule has 4 nitrogen and oxygen atoms in total. The Kier molecular flexibility index (Phi) is 8.94. The van der Waals surface area contributed by atoms with E-state index in [9.17, 15) is 0 Å². The van der Waals surface area contributed by atoms with E-state index in [1.807, 2.05) is 0 Å². The summed E-state index contributed by atoms with van der Waals surface area (Å²) < 4.78 is 15.9. The van der Waals surface area contributed by atoms with E-state index in [-0.39, 0.29) is 0 Å². The number of ether oxygens (including phenoxy) is 2. The molecule has 3 heterocycles. The molecule has 0 atom stereocenters. The van der Waals surface area contributed by atoms with Crippen molar-refractivity contribution in [3.63, 3.8) is 0 Å². The lowest BCUT2D eigenvalue weighted by Crippen LogP contribution is -2.32. The number of hydrogen-bond acceptors (Lipinski definition) is 3. The van der Waals surface area contributed by atoms with Crippen LogP contribution in [0, 0.1) is 0 Å². The third-order valence-electron chi connectivity index (χ3n) is 17.3. The van der Waals surface area contributed by atoms with E-state index < -0.39 is 10.8 Å². The maximum Gasteiger partial charge on any atom is 0.132 e. The summed E-state index contributed by atoms with van der Waals surface area (Å²) in [4.78, 5) is 2.47. The number of anilines is 3. The van der Waals surface area contributed by atoms with Crippen molar-refractivity contribution in [2.45, 2.75) is 10.8 Å². The molecule has 4 aliphatic rings. The van der Waals surface area contributed by atoms with E-state index in [1.165, 1.54) is 71.9 Å². The fourth-order valence-corrected chi connectivity index (χ4v) is 14.2. The van der Waals surface area contributed by atoms with E-state index in [4.69, 9.17) is 9.47 Å². The van der Waals surface area contributed by atoms with Crippen LogP contribution < -0.4 is 14.4 Å². The molecule has 0 saturated carbocycles. The fourth-order valence-electron chi connectivity index (χ4n) is 14.2. The molecule has 0 radical (unpaired) electrons. The summed E-state index contributed by atoms with van der Waals surface area (Å²) in [5.74, 6) is 3.52. The molecule has 12 aromatic carbocycles. The molecule has 1 aromatic heterocycles. The van der Waals surface area contributed by atoms with Crippen molar-refractivity contribution >= 4 is 38.9 Å². The lowest BCUT2D eigenvalue weighted by atomic mass is 9.66. The van der Waals surface area contributed by atoms with Crippen molar-refractivity contribution in [1.82, 2.24) is 4.57 Å². The summed E-state index contributed by atoms with van der Waals surface area (Å²) in [5.41, 5.74) is 22.3. The van der Waals surface area contributed by atoms with Crippen molar-refractivity contribution in [2.24, 2.45) is 0 Å². The summed E-state index contributed by atoms with van der Waals surface area (Å²) in [5, 5.41) is 2.47. The predicted octanol–water partition coefficient (Wildman–Crippen LogP) is 18.9. The van der Waals surface area contributed by atoms with E-state index in [0.29, 0.717) is 0 Å². The van der Waals surface area contributed by atoms with Gasteiger partial charge in [-0.2, -0.15) is 0 Å². The van der Waals surface area contributed by atoms with E-state index in [0.717, 1.165) is 73.6 Å². The average molecular weight is 995 g/mol. The first-order chi connectivity index (χ1) is 38.7. The average Bonchev–Trinajstić information content (AvgIpc) is 3.49. The van der Waals surface area contributed by atoms with Gasteiger partial charge in [0.15, 0.2) is 0 Å². The highest BCUT2D eigenvalue weighted by atomic mass is 16.5. The van der Waals surface area contributed by atoms with Gasteiger partial charge in [0.25, 0.3) is 0 Å². The fraction of sp³-hybridized carbons (Fsp3) is 0.0270. The van der Waals surface area contributed by atoms with Crippen molar-refractivity contribution < 1.29 is 9.47 Å². The number of para-hydroxylation sites is 6. The Hall–Kier alpha value is -10.2. The van der Waals surface area contributed by atoms with Crippen LogP contribution in [-0.2, 0) is 10.8 Å². The topological polar surface area (TPSA) is 26.6 Å². The van der Waals surface area contributed by atoms with Gasteiger partial charge in [0.2, 0.25) is 0 Å². The van der Waals surface area contributed by atoms with E-state index in [1.54, 1.807) is 0 Å². The van der Waals surface area contributed by atoms with Crippen LogP contribution in [0.5, 0.6) is 23.0 Å². The lowest BCUT2D eigenvalue weighted by Gasteiger charge is -2.40. The molecule has 364 valence electrons. The monoisotopic (exact) mass is 994 g/mol. The number of benzene rings is 12. The van der Waals surface area contributed by atoms with E-state index >= 15 is 0 Å². The third kappa shape index (κ3) is 5.73. The second-order valence-electron chi connectivity index (χ2n) is 21.0. The van der Waals surface area contributed by atoms with Crippen LogP contribution in [0.4, 0.5) is 17.1 Å². The minimum absolute atomic E-state index is 0.577. The standard InChI is InChI=1S/C74H46N2O2/c1-2-18-49(19-3-1)76-67-29-13-6-22-56(67)58-44-48(36-43-68(58)76)47-34-37-50(38-35-47)75(51-40-42-61-57(45-51)54-21-5-8-24-60(54)73(61)62-25-9-14-30-69(62)77-70-31-15-10-26-63(70)73)52-39-41-55-53-20-4-7-23-59(53)74(66(55)46-52)64-27-11-16-32-71(64)78-72-33-17-12-28-65(72)74/h1-46H. The Balaban J connectivity index is 0.882. The van der Waals surface area contributed by atoms with Gasteiger partial charge in [0.1, 0.15) is 23.0 Å². The number of rotatable bonds is 5. The highest BCUT2D eigenvalue weighted by Gasteiger charge is 2.53. The zero-order valence-corrected chi connectivity index (χ0v) is 42.3. The summed E-state index contributed by atoms with van der Waals surface area (Å²) in [6, 6.07) is 102. The normalized spacial score (nSPS) is 14.1. The summed E-state index contributed by atoms with van der Waals surface area (Å²) >= 11 is 0. The first-order valence-corrected chi connectivity index (χ1v) is 26.9. The molecule has 0 N–H and O–H groups in total. The summed E-state index contributed by atoms with van der Waals surface area (Å²) in [7, 11) is 0. The molecule has 2 spiro atoms. The molecule has 13 aromatic rings. The number of nitrogens with zero attached hydrogens (tertiary/aromatic N) is 2. The van der Waals surface area contributed by atoms with Gasteiger partial charge in [-0.05, 0) is 147 Å². The molecule has 0 fully saturated rings. The zero-order valence-electron chi connectivity index (χ0n) is 42.3. The van der Waals surface area contributed by atoms with Crippen molar-refractivity contribution in [3.8, 4) is 62.1 Å². The van der Waals surface area contributed by atoms with Crippen LogP contribution in [0.2, 0.25) is 0 Å². The van der Waals surface area contributed by atoms with Crippen molar-refractivity contribution in [3.05, 3.63) is 324 Å². The molecule has 78 heavy (non-hydrogen) atoms. The molecule has 0 amide bonds. The van der Waals surface area contributed by atoms with E-state index in [2.05, 4.69) is 289 Å².